The number of alkyl halides is 6. The van der Waals surface area contributed by atoms with Gasteiger partial charge in [0.15, 0.2) is 0 Å². The number of hydrogen-bond donors (Lipinski definition) is 0. The molecule has 2 aromatic rings. The van der Waals surface area contributed by atoms with E-state index < -0.39 is 54.3 Å². The lowest BCUT2D eigenvalue weighted by molar-refractivity contribution is -0.143. The number of carbonyl (C=O) groups excluding carboxylic acids is 2. The number of carbonyl (C=O) groups is 2. The van der Waals surface area contributed by atoms with Crippen molar-refractivity contribution in [2.45, 2.75) is 65.1 Å². The van der Waals surface area contributed by atoms with Crippen LogP contribution in [0.4, 0.5) is 41.6 Å². The van der Waals surface area contributed by atoms with Crippen LogP contribution in [-0.4, -0.2) is 36.8 Å². The second kappa shape index (κ2) is 10.7. The van der Waals surface area contributed by atoms with Gasteiger partial charge < -0.3 is 9.47 Å². The Balaban J connectivity index is 2.17. The maximum absolute atomic E-state index is 13.4. The van der Waals surface area contributed by atoms with Crippen LogP contribution in [0.3, 0.4) is 0 Å². The molecule has 1 aliphatic heterocycles. The highest BCUT2D eigenvalue weighted by molar-refractivity contribution is 5.91. The van der Waals surface area contributed by atoms with Crippen molar-refractivity contribution in [1.82, 2.24) is 4.90 Å². The fourth-order valence-electron chi connectivity index (χ4n) is 4.84. The molecule has 0 aromatic heterocycles. The minimum atomic E-state index is -5.04. The number of halogens is 6. The molecule has 0 fully saturated rings. The molecular weight excluding hydrogens is 518 g/mol. The van der Waals surface area contributed by atoms with Gasteiger partial charge in [-0.1, -0.05) is 17.7 Å². The van der Waals surface area contributed by atoms with Gasteiger partial charge in [0, 0.05) is 12.6 Å². The van der Waals surface area contributed by atoms with Crippen LogP contribution in [0.2, 0.25) is 0 Å². The number of amides is 2. The number of ether oxygens (including phenoxy) is 2. The molecule has 0 radical (unpaired) electrons. The number of benzene rings is 2. The van der Waals surface area contributed by atoms with Crippen LogP contribution in [0, 0.1) is 13.8 Å². The van der Waals surface area contributed by atoms with E-state index in [0.717, 1.165) is 17.6 Å². The zero-order valence-corrected chi connectivity index (χ0v) is 21.5. The maximum atomic E-state index is 13.4. The Bertz CT molecular complexity index is 1180. The maximum Gasteiger partial charge on any atom is 0.416 e. The first kappa shape index (κ1) is 29.1. The Kier molecular flexibility index (Phi) is 8.23. The fourth-order valence-corrected chi connectivity index (χ4v) is 4.84. The van der Waals surface area contributed by atoms with Crippen LogP contribution in [0.5, 0.6) is 0 Å². The normalized spacial score (nSPS) is 17.6. The van der Waals surface area contributed by atoms with Gasteiger partial charge in [-0.25, -0.2) is 9.59 Å². The summed E-state index contributed by atoms with van der Waals surface area (Å²) in [4.78, 5) is 28.3. The fraction of sp³-hybridized carbons (Fsp3) is 0.462. The molecule has 3 rings (SSSR count). The summed E-state index contributed by atoms with van der Waals surface area (Å²) in [7, 11) is 1.07. The van der Waals surface area contributed by atoms with E-state index in [-0.39, 0.29) is 24.7 Å². The zero-order chi connectivity index (χ0) is 28.6. The van der Waals surface area contributed by atoms with Crippen LogP contribution in [0.1, 0.15) is 59.7 Å². The first-order chi connectivity index (χ1) is 17.6. The molecule has 0 bridgehead atoms. The zero-order valence-electron chi connectivity index (χ0n) is 21.5. The molecule has 0 unspecified atom stereocenters. The Morgan fingerprint density at radius 2 is 1.58 bits per heavy atom. The monoisotopic (exact) mass is 546 g/mol. The SMILES string of the molecule is CCOC(=O)N1c2c(C)cc(C)cc2[C@H](N(Cc2cc(C(F)(F)F)cc(C(F)(F)F)c2)C(=O)OC)C[C@@H]1C. The summed E-state index contributed by atoms with van der Waals surface area (Å²) < 4.78 is 90.8. The summed E-state index contributed by atoms with van der Waals surface area (Å²) in [5.74, 6) is 0. The molecule has 12 heteroatoms. The van der Waals surface area contributed by atoms with E-state index in [2.05, 4.69) is 0 Å². The largest absolute Gasteiger partial charge is 0.453 e. The third-order valence-corrected chi connectivity index (χ3v) is 6.33. The number of rotatable bonds is 4. The molecule has 0 N–H and O–H groups in total. The first-order valence-corrected chi connectivity index (χ1v) is 11.8. The first-order valence-electron chi connectivity index (χ1n) is 11.8. The predicted molar refractivity (Wildman–Crippen MR) is 127 cm³/mol. The van der Waals surface area contributed by atoms with Crippen LogP contribution < -0.4 is 4.90 Å². The number of nitrogens with zero attached hydrogens (tertiary/aromatic N) is 2. The average molecular weight is 547 g/mol. The molecular formula is C26H28F6N2O4. The number of aryl methyl sites for hydroxylation is 2. The predicted octanol–water partition coefficient (Wildman–Crippen LogP) is 7.41. The molecule has 208 valence electrons. The second-order valence-corrected chi connectivity index (χ2v) is 9.20. The molecule has 1 heterocycles. The Hall–Kier alpha value is -3.44. The summed E-state index contributed by atoms with van der Waals surface area (Å²) >= 11 is 0. The van der Waals surface area contributed by atoms with Gasteiger partial charge in [-0.15, -0.1) is 0 Å². The molecule has 0 saturated carbocycles. The lowest BCUT2D eigenvalue weighted by atomic mass is 9.87. The third kappa shape index (κ3) is 5.99. The summed E-state index contributed by atoms with van der Waals surface area (Å²) in [6, 6.07) is 3.43. The van der Waals surface area contributed by atoms with Gasteiger partial charge >= 0.3 is 24.5 Å². The van der Waals surface area contributed by atoms with Crippen molar-refractivity contribution in [2.75, 3.05) is 18.6 Å². The lowest BCUT2D eigenvalue weighted by Gasteiger charge is -2.43. The van der Waals surface area contributed by atoms with Crippen molar-refractivity contribution in [1.29, 1.82) is 0 Å². The van der Waals surface area contributed by atoms with Gasteiger partial charge in [0.25, 0.3) is 0 Å². The molecule has 0 aliphatic carbocycles. The van der Waals surface area contributed by atoms with E-state index in [9.17, 15) is 35.9 Å². The van der Waals surface area contributed by atoms with Crippen molar-refractivity contribution < 1.29 is 45.4 Å². The van der Waals surface area contributed by atoms with E-state index in [1.165, 1.54) is 4.90 Å². The molecule has 38 heavy (non-hydrogen) atoms. The molecule has 6 nitrogen and oxygen atoms in total. The summed E-state index contributed by atoms with van der Waals surface area (Å²) in [5.41, 5.74) is -0.895. The number of fused-ring (bicyclic) bond motifs is 1. The minimum absolute atomic E-state index is 0.0356. The number of methoxy groups -OCH3 is 1. The van der Waals surface area contributed by atoms with Gasteiger partial charge in [-0.2, -0.15) is 26.3 Å². The molecule has 0 spiro atoms. The summed E-state index contributed by atoms with van der Waals surface area (Å²) in [6.45, 7) is 6.45. The molecule has 1 aliphatic rings. The second-order valence-electron chi connectivity index (χ2n) is 9.20. The number of anilines is 1. The highest BCUT2D eigenvalue weighted by atomic mass is 19.4. The van der Waals surface area contributed by atoms with Crippen LogP contribution in [0.25, 0.3) is 0 Å². The Morgan fingerprint density at radius 1 is 1.00 bits per heavy atom. The molecule has 2 amide bonds. The van der Waals surface area contributed by atoms with Gasteiger partial charge in [-0.3, -0.25) is 9.80 Å². The van der Waals surface area contributed by atoms with Gasteiger partial charge in [-0.05, 0) is 69.0 Å². The van der Waals surface area contributed by atoms with E-state index in [1.54, 1.807) is 33.8 Å². The Labute approximate surface area is 216 Å². The third-order valence-electron chi connectivity index (χ3n) is 6.33. The van der Waals surface area contributed by atoms with Crippen molar-refractivity contribution in [3.8, 4) is 0 Å². The highest BCUT2D eigenvalue weighted by Gasteiger charge is 2.41. The van der Waals surface area contributed by atoms with E-state index in [4.69, 9.17) is 9.47 Å². The van der Waals surface area contributed by atoms with Crippen LogP contribution >= 0.6 is 0 Å². The molecule has 2 aromatic carbocycles. The van der Waals surface area contributed by atoms with E-state index in [1.807, 2.05) is 6.07 Å². The van der Waals surface area contributed by atoms with Gasteiger partial charge in [0.05, 0.1) is 36.6 Å². The van der Waals surface area contributed by atoms with E-state index in [0.29, 0.717) is 28.9 Å². The molecule has 0 saturated heterocycles. The average Bonchev–Trinajstić information content (AvgIpc) is 2.80. The van der Waals surface area contributed by atoms with E-state index >= 15 is 0 Å². The smallest absolute Gasteiger partial charge is 0.416 e. The van der Waals surface area contributed by atoms with Crippen molar-refractivity contribution in [3.05, 3.63) is 63.7 Å². The quantitative estimate of drug-likeness (QED) is 0.375. The summed E-state index contributed by atoms with van der Waals surface area (Å²) in [6.07, 6.45) is -11.5. The van der Waals surface area contributed by atoms with Crippen LogP contribution in [-0.2, 0) is 28.4 Å². The van der Waals surface area contributed by atoms with Crippen LogP contribution in [0.15, 0.2) is 30.3 Å². The number of hydrogen-bond acceptors (Lipinski definition) is 4. The topological polar surface area (TPSA) is 59.1 Å². The van der Waals surface area contributed by atoms with Crippen molar-refractivity contribution in [2.24, 2.45) is 0 Å². The van der Waals surface area contributed by atoms with Gasteiger partial charge in [0.1, 0.15) is 0 Å². The Morgan fingerprint density at radius 3 is 2.08 bits per heavy atom. The van der Waals surface area contributed by atoms with Crippen molar-refractivity contribution >= 4 is 17.9 Å². The standard InChI is InChI=1S/C26H28F6N2O4/c1-6-38-24(36)34-16(4)9-21(20-8-14(2)7-15(3)22(20)34)33(23(35)37-5)13-17-10-18(25(27,28)29)12-19(11-17)26(30,31)32/h7-8,10-12,16,21H,6,9,13H2,1-5H3/t16-,21+/m0/s1. The minimum Gasteiger partial charge on any atom is -0.453 e. The van der Waals surface area contributed by atoms with Crippen molar-refractivity contribution in [3.63, 3.8) is 0 Å². The molecule has 2 atom stereocenters. The highest BCUT2D eigenvalue weighted by Crippen LogP contribution is 2.44. The summed E-state index contributed by atoms with van der Waals surface area (Å²) in [5, 5.41) is 0. The lowest BCUT2D eigenvalue weighted by Crippen LogP contribution is -2.48. The van der Waals surface area contributed by atoms with Gasteiger partial charge in [0.2, 0.25) is 0 Å².